The molecule has 4 aliphatic rings. The van der Waals surface area contributed by atoms with Gasteiger partial charge in [-0.05, 0) is 45.7 Å². The van der Waals surface area contributed by atoms with Gasteiger partial charge in [0.15, 0.2) is 10.3 Å². The van der Waals surface area contributed by atoms with Gasteiger partial charge in [-0.25, -0.2) is 13.6 Å². The molecule has 53 heavy (non-hydrogen) atoms. The number of aliphatic imine (C=N–C) groups is 2. The highest BCUT2D eigenvalue weighted by atomic mass is 32.2. The Labute approximate surface area is 314 Å². The second-order valence-electron chi connectivity index (χ2n) is 14.3. The zero-order valence-corrected chi connectivity index (χ0v) is 31.8. The lowest BCUT2D eigenvalue weighted by atomic mass is 9.73. The number of alkyl carbamates (subject to hydrolysis) is 1. The highest BCUT2D eigenvalue weighted by Crippen LogP contribution is 2.50. The molecule has 1 amide bonds. The van der Waals surface area contributed by atoms with E-state index in [1.165, 1.54) is 41.7 Å². The maximum atomic E-state index is 15.0. The van der Waals surface area contributed by atoms with Crippen molar-refractivity contribution in [2.75, 3.05) is 24.7 Å². The van der Waals surface area contributed by atoms with Crippen LogP contribution in [0.2, 0.25) is 0 Å². The SMILES string of the molecule is CC[C@H]1C[C@]2(c3cc([N+](=O)[O-])ccc3F)N=C(N)SC[C@@H]2CO1.CC[C@H]1C[C@]2(c3cc([N+](=O)[O-])ccc3F)N=C(NC(=O)OC(C)(C)C)SC[C@@H]2CO1. The maximum absolute atomic E-state index is 15.0. The van der Waals surface area contributed by atoms with Gasteiger partial charge in [0.05, 0.1) is 46.3 Å². The van der Waals surface area contributed by atoms with Crippen molar-refractivity contribution in [1.29, 1.82) is 0 Å². The van der Waals surface area contributed by atoms with Gasteiger partial charge < -0.3 is 19.9 Å². The number of benzene rings is 2. The fourth-order valence-electron chi connectivity index (χ4n) is 7.06. The molecule has 2 aromatic carbocycles. The van der Waals surface area contributed by atoms with Crippen LogP contribution >= 0.6 is 23.5 Å². The lowest BCUT2D eigenvalue weighted by Crippen LogP contribution is -2.51. The van der Waals surface area contributed by atoms with Crippen LogP contribution in [0.15, 0.2) is 46.4 Å². The zero-order valence-electron chi connectivity index (χ0n) is 30.1. The number of carbonyl (C=O) groups excluding carboxylic acids is 1. The molecule has 0 unspecified atom stereocenters. The van der Waals surface area contributed by atoms with Gasteiger partial charge in [-0.2, -0.15) is 0 Å². The smallest absolute Gasteiger partial charge is 0.413 e. The van der Waals surface area contributed by atoms with E-state index >= 15 is 0 Å². The summed E-state index contributed by atoms with van der Waals surface area (Å²) >= 11 is 2.74. The standard InChI is InChI=1S/C20H26FN3O5S.C15H18FN3O3S/c1-5-14-9-20(15-8-13(24(26)27)6-7-16(15)21)12(10-28-14)11-30-17(23-20)22-18(25)29-19(2,3)4;1-2-11-6-15(9(7-22-11)8-23-14(17)18-15)12-5-10(19(20)21)3-4-13(12)16/h6-8,12,14H,5,9-11H2,1-4H3,(H,22,23,25);3-5,9,11H,2,6-8H2,1H3,(H2,17,18)/t12-,14-,20-;9-,11-,15-/m00/s1. The fraction of sp³-hybridized carbons (Fsp3) is 0.571. The van der Waals surface area contributed by atoms with E-state index in [1.54, 1.807) is 20.8 Å². The van der Waals surface area contributed by atoms with Crippen LogP contribution in [0.1, 0.15) is 71.4 Å². The summed E-state index contributed by atoms with van der Waals surface area (Å²) < 4.78 is 46.5. The minimum atomic E-state index is -1.06. The summed E-state index contributed by atoms with van der Waals surface area (Å²) in [6.45, 7) is 10.0. The molecule has 18 heteroatoms. The Balaban J connectivity index is 0.000000211. The van der Waals surface area contributed by atoms with Crippen molar-refractivity contribution < 1.29 is 37.6 Å². The van der Waals surface area contributed by atoms with E-state index in [2.05, 4.69) is 10.3 Å². The molecule has 3 N–H and O–H groups in total. The summed E-state index contributed by atoms with van der Waals surface area (Å²) in [5.74, 6) is -0.110. The highest BCUT2D eigenvalue weighted by Gasteiger charge is 2.51. The van der Waals surface area contributed by atoms with E-state index in [0.29, 0.717) is 54.3 Å². The van der Waals surface area contributed by atoms with E-state index in [9.17, 15) is 33.8 Å². The molecule has 288 valence electrons. The summed E-state index contributed by atoms with van der Waals surface area (Å²) in [4.78, 5) is 42.9. The van der Waals surface area contributed by atoms with Crippen molar-refractivity contribution in [3.8, 4) is 0 Å². The Morgan fingerprint density at radius 2 is 1.38 bits per heavy atom. The van der Waals surface area contributed by atoms with E-state index in [0.717, 1.165) is 24.6 Å². The number of non-ortho nitro benzene ring substituents is 2. The predicted molar refractivity (Wildman–Crippen MR) is 199 cm³/mol. The average molecular weight is 779 g/mol. The Kier molecular flexibility index (Phi) is 12.4. The number of hydrogen-bond donors (Lipinski definition) is 2. The van der Waals surface area contributed by atoms with Crippen LogP contribution in [-0.2, 0) is 25.3 Å². The molecule has 4 aliphatic heterocycles. The molecule has 6 rings (SSSR count). The first-order chi connectivity index (χ1) is 25.0. The number of nitro groups is 2. The first-order valence-electron chi connectivity index (χ1n) is 17.3. The van der Waals surface area contributed by atoms with Gasteiger partial charge in [0.1, 0.15) is 17.2 Å². The molecular formula is C35H44F2N6O8S2. The second kappa shape index (κ2) is 16.2. The van der Waals surface area contributed by atoms with Crippen molar-refractivity contribution in [3.63, 3.8) is 0 Å². The molecule has 0 radical (unpaired) electrons. The van der Waals surface area contributed by atoms with Crippen LogP contribution in [0.5, 0.6) is 0 Å². The van der Waals surface area contributed by atoms with Crippen molar-refractivity contribution in [2.45, 2.75) is 89.2 Å². The van der Waals surface area contributed by atoms with Gasteiger partial charge in [-0.1, -0.05) is 37.4 Å². The molecule has 2 aromatic rings. The number of nitrogens with one attached hydrogen (secondary N) is 1. The normalized spacial score (nSPS) is 28.1. The molecule has 0 aromatic heterocycles. The molecule has 14 nitrogen and oxygen atoms in total. The zero-order chi connectivity index (χ0) is 38.7. The van der Waals surface area contributed by atoms with Gasteiger partial charge in [-0.3, -0.25) is 35.5 Å². The summed E-state index contributed by atoms with van der Waals surface area (Å²) in [6, 6.07) is 7.11. The lowest BCUT2D eigenvalue weighted by molar-refractivity contribution is -0.385. The Morgan fingerprint density at radius 1 is 0.906 bits per heavy atom. The van der Waals surface area contributed by atoms with Gasteiger partial charge in [0.25, 0.3) is 11.4 Å². The maximum Gasteiger partial charge on any atom is 0.413 e. The third-order valence-corrected chi connectivity index (χ3v) is 11.7. The molecule has 0 bridgehead atoms. The number of halogens is 2. The summed E-state index contributed by atoms with van der Waals surface area (Å²) in [5, 5.41) is 25.7. The Morgan fingerprint density at radius 3 is 1.83 bits per heavy atom. The summed E-state index contributed by atoms with van der Waals surface area (Å²) in [6.07, 6.45) is 1.43. The first kappa shape index (κ1) is 40.3. The van der Waals surface area contributed by atoms with Gasteiger partial charge in [-0.15, -0.1) is 0 Å². The third-order valence-electron chi connectivity index (χ3n) is 9.73. The van der Waals surface area contributed by atoms with Crippen molar-refractivity contribution in [3.05, 3.63) is 79.4 Å². The number of nitrogens with zero attached hydrogens (tertiary/aromatic N) is 4. The monoisotopic (exact) mass is 778 g/mol. The van der Waals surface area contributed by atoms with Gasteiger partial charge >= 0.3 is 6.09 Å². The van der Waals surface area contributed by atoms with E-state index < -0.39 is 44.3 Å². The van der Waals surface area contributed by atoms with Crippen LogP contribution in [0.3, 0.4) is 0 Å². The van der Waals surface area contributed by atoms with Crippen LogP contribution in [-0.4, -0.2) is 68.8 Å². The summed E-state index contributed by atoms with van der Waals surface area (Å²) in [5.41, 5.74) is 3.36. The number of thioether (sulfide) groups is 2. The Hall–Kier alpha value is -3.87. The van der Waals surface area contributed by atoms with E-state index in [1.807, 2.05) is 13.8 Å². The van der Waals surface area contributed by atoms with Crippen LogP contribution < -0.4 is 11.1 Å². The second-order valence-corrected chi connectivity index (χ2v) is 16.4. The molecule has 6 atom stereocenters. The van der Waals surface area contributed by atoms with Crippen LogP contribution in [0.4, 0.5) is 25.0 Å². The number of carbonyl (C=O) groups is 1. The minimum absolute atomic E-state index is 0.0564. The van der Waals surface area contributed by atoms with E-state index in [4.69, 9.17) is 24.9 Å². The average Bonchev–Trinajstić information content (AvgIpc) is 3.10. The van der Waals surface area contributed by atoms with Crippen molar-refractivity contribution in [2.24, 2.45) is 27.6 Å². The number of ether oxygens (including phenoxy) is 3. The third kappa shape index (κ3) is 8.92. The number of amides is 1. The molecule has 4 heterocycles. The number of hydrogen-bond acceptors (Lipinski definition) is 13. The summed E-state index contributed by atoms with van der Waals surface area (Å²) in [7, 11) is 0. The van der Waals surface area contributed by atoms with Gasteiger partial charge in [0.2, 0.25) is 0 Å². The fourth-order valence-corrected chi connectivity index (χ4v) is 9.14. The van der Waals surface area contributed by atoms with Gasteiger partial charge in [0, 0.05) is 71.6 Å². The van der Waals surface area contributed by atoms with Crippen molar-refractivity contribution in [1.82, 2.24) is 5.32 Å². The number of rotatable bonds is 6. The quantitative estimate of drug-likeness (QED) is 0.223. The van der Waals surface area contributed by atoms with Crippen LogP contribution in [0.25, 0.3) is 0 Å². The number of amidine groups is 2. The van der Waals surface area contributed by atoms with Crippen LogP contribution in [0, 0.1) is 43.7 Å². The lowest BCUT2D eigenvalue weighted by Gasteiger charge is -2.46. The molecule has 0 aliphatic carbocycles. The first-order valence-corrected chi connectivity index (χ1v) is 19.3. The van der Waals surface area contributed by atoms with E-state index in [-0.39, 0.29) is 46.5 Å². The number of nitrogens with two attached hydrogens (primary N) is 1. The largest absolute Gasteiger partial charge is 0.444 e. The van der Waals surface area contributed by atoms with Crippen molar-refractivity contribution >= 4 is 51.3 Å². The molecular weight excluding hydrogens is 735 g/mol. The highest BCUT2D eigenvalue weighted by molar-refractivity contribution is 8.14. The molecule has 0 spiro atoms. The number of nitro benzene ring substituents is 2. The number of fused-ring (bicyclic) bond motifs is 2. The predicted octanol–water partition coefficient (Wildman–Crippen LogP) is 7.18. The topological polar surface area (TPSA) is 194 Å². The molecule has 2 saturated heterocycles. The molecule has 2 fully saturated rings. The molecule has 0 saturated carbocycles. The Bertz CT molecular complexity index is 1790. The minimum Gasteiger partial charge on any atom is -0.444 e.